The van der Waals surface area contributed by atoms with Crippen molar-refractivity contribution < 1.29 is 9.13 Å². The summed E-state index contributed by atoms with van der Waals surface area (Å²) in [5.74, 6) is -0.128. The number of hydrogen-bond donors (Lipinski definition) is 1. The molecule has 2 nitrogen and oxygen atoms in total. The summed E-state index contributed by atoms with van der Waals surface area (Å²) in [5.41, 5.74) is 0.736. The predicted octanol–water partition coefficient (Wildman–Crippen LogP) is 2.82. The molecule has 0 amide bonds. The lowest BCUT2D eigenvalue weighted by atomic mass is 10.1. The number of rotatable bonds is 6. The summed E-state index contributed by atoms with van der Waals surface area (Å²) in [6.07, 6.45) is 0.626. The summed E-state index contributed by atoms with van der Waals surface area (Å²) in [6.45, 7) is 2.05. The summed E-state index contributed by atoms with van der Waals surface area (Å²) in [4.78, 5) is 0. The molecule has 2 rings (SSSR count). The van der Waals surface area contributed by atoms with Crippen LogP contribution >= 0.6 is 11.3 Å². The van der Waals surface area contributed by atoms with Crippen LogP contribution in [0.1, 0.15) is 5.56 Å². The van der Waals surface area contributed by atoms with Crippen LogP contribution in [0.5, 0.6) is 0 Å². The van der Waals surface area contributed by atoms with E-state index in [2.05, 4.69) is 5.32 Å². The molecule has 92 valence electrons. The molecule has 0 fully saturated rings. The van der Waals surface area contributed by atoms with E-state index in [4.69, 9.17) is 4.74 Å². The number of nitrogens with one attached hydrogen (secondary N) is 1. The van der Waals surface area contributed by atoms with E-state index >= 15 is 0 Å². The van der Waals surface area contributed by atoms with Crippen LogP contribution in [0, 0.1) is 5.82 Å². The quantitative estimate of drug-likeness (QED) is 0.799. The van der Waals surface area contributed by atoms with Crippen molar-refractivity contribution in [3.05, 3.63) is 35.0 Å². The zero-order chi connectivity index (χ0) is 12.1. The van der Waals surface area contributed by atoms with Gasteiger partial charge in [-0.3, -0.25) is 0 Å². The van der Waals surface area contributed by atoms with Gasteiger partial charge in [-0.05, 0) is 48.0 Å². The second kappa shape index (κ2) is 6.10. The van der Waals surface area contributed by atoms with Gasteiger partial charge in [0.2, 0.25) is 0 Å². The van der Waals surface area contributed by atoms with E-state index in [-0.39, 0.29) is 5.82 Å². The zero-order valence-corrected chi connectivity index (χ0v) is 10.6. The molecule has 0 bridgehead atoms. The van der Waals surface area contributed by atoms with E-state index in [0.717, 1.165) is 22.2 Å². The van der Waals surface area contributed by atoms with Crippen molar-refractivity contribution in [2.45, 2.75) is 6.42 Å². The summed E-state index contributed by atoms with van der Waals surface area (Å²) in [5, 5.41) is 6.10. The molecule has 0 spiro atoms. The van der Waals surface area contributed by atoms with E-state index in [1.807, 2.05) is 24.6 Å². The Hall–Kier alpha value is -0.970. The first kappa shape index (κ1) is 12.5. The minimum absolute atomic E-state index is 0.128. The lowest BCUT2D eigenvalue weighted by Gasteiger charge is -2.05. The van der Waals surface area contributed by atoms with Crippen LogP contribution in [0.2, 0.25) is 0 Å². The van der Waals surface area contributed by atoms with Gasteiger partial charge in [-0.2, -0.15) is 0 Å². The second-order valence-corrected chi connectivity index (χ2v) is 4.82. The maximum atomic E-state index is 13.7. The zero-order valence-electron chi connectivity index (χ0n) is 9.83. The Kier molecular flexibility index (Phi) is 4.48. The molecular weight excluding hydrogens is 237 g/mol. The van der Waals surface area contributed by atoms with Crippen LogP contribution in [0.3, 0.4) is 0 Å². The minimum atomic E-state index is -0.128. The Morgan fingerprint density at radius 3 is 3.06 bits per heavy atom. The van der Waals surface area contributed by atoms with Crippen LogP contribution in [0.15, 0.2) is 23.6 Å². The standard InChI is InChI=1S/C13H16FNOS/c1-15-4-6-16-5-2-10-8-11-3-7-17-13(11)9-12(10)14/h3,7-9,15H,2,4-6H2,1H3. The molecule has 0 aliphatic rings. The van der Waals surface area contributed by atoms with Crippen molar-refractivity contribution in [3.8, 4) is 0 Å². The first-order chi connectivity index (χ1) is 8.31. The van der Waals surface area contributed by atoms with Gasteiger partial charge in [0.15, 0.2) is 0 Å². The largest absolute Gasteiger partial charge is 0.380 e. The number of hydrogen-bond acceptors (Lipinski definition) is 3. The van der Waals surface area contributed by atoms with Crippen molar-refractivity contribution >= 4 is 21.4 Å². The molecule has 1 N–H and O–H groups in total. The molecule has 2 aromatic rings. The number of ether oxygens (including phenoxy) is 1. The molecule has 0 saturated heterocycles. The van der Waals surface area contributed by atoms with Gasteiger partial charge in [-0.1, -0.05) is 0 Å². The molecule has 0 aliphatic carbocycles. The molecule has 0 aliphatic heterocycles. The number of thiophene rings is 1. The Balaban J connectivity index is 1.95. The van der Waals surface area contributed by atoms with Crippen molar-refractivity contribution in [2.24, 2.45) is 0 Å². The number of benzene rings is 1. The average Bonchev–Trinajstić information content (AvgIpc) is 2.76. The molecule has 1 heterocycles. The van der Waals surface area contributed by atoms with Gasteiger partial charge >= 0.3 is 0 Å². The fourth-order valence-electron chi connectivity index (χ4n) is 1.68. The first-order valence-electron chi connectivity index (χ1n) is 5.69. The van der Waals surface area contributed by atoms with Gasteiger partial charge in [-0.15, -0.1) is 11.3 Å². The van der Waals surface area contributed by atoms with Gasteiger partial charge in [0.25, 0.3) is 0 Å². The third kappa shape index (κ3) is 3.25. The monoisotopic (exact) mass is 253 g/mol. The second-order valence-electron chi connectivity index (χ2n) is 3.87. The van der Waals surface area contributed by atoms with E-state index < -0.39 is 0 Å². The van der Waals surface area contributed by atoms with Gasteiger partial charge in [0, 0.05) is 11.2 Å². The first-order valence-corrected chi connectivity index (χ1v) is 6.57. The fourth-order valence-corrected chi connectivity index (χ4v) is 2.48. The SMILES string of the molecule is CNCCOCCc1cc2ccsc2cc1F. The van der Waals surface area contributed by atoms with Crippen molar-refractivity contribution in [1.29, 1.82) is 0 Å². The summed E-state index contributed by atoms with van der Waals surface area (Å²) < 4.78 is 20.1. The lowest BCUT2D eigenvalue weighted by Crippen LogP contribution is -2.15. The Bertz CT molecular complexity index is 483. The van der Waals surface area contributed by atoms with E-state index in [0.29, 0.717) is 19.6 Å². The smallest absolute Gasteiger partial charge is 0.127 e. The molecule has 0 saturated carbocycles. The van der Waals surface area contributed by atoms with Gasteiger partial charge in [-0.25, -0.2) is 4.39 Å². The molecule has 17 heavy (non-hydrogen) atoms. The van der Waals surface area contributed by atoms with Gasteiger partial charge in [0.1, 0.15) is 5.82 Å². The molecular formula is C13H16FNOS. The summed E-state index contributed by atoms with van der Waals surface area (Å²) >= 11 is 1.57. The van der Waals surface area contributed by atoms with Crippen LogP contribution < -0.4 is 5.32 Å². The number of likely N-dealkylation sites (N-methyl/N-ethyl adjacent to an activating group) is 1. The van der Waals surface area contributed by atoms with E-state index in [9.17, 15) is 4.39 Å². The van der Waals surface area contributed by atoms with Crippen molar-refractivity contribution in [1.82, 2.24) is 5.32 Å². The highest BCUT2D eigenvalue weighted by Crippen LogP contribution is 2.24. The van der Waals surface area contributed by atoms with Crippen LogP contribution in [0.25, 0.3) is 10.1 Å². The minimum Gasteiger partial charge on any atom is -0.380 e. The Labute approximate surface area is 104 Å². The highest BCUT2D eigenvalue weighted by atomic mass is 32.1. The highest BCUT2D eigenvalue weighted by Gasteiger charge is 2.05. The Morgan fingerprint density at radius 1 is 1.35 bits per heavy atom. The Morgan fingerprint density at radius 2 is 2.24 bits per heavy atom. The number of halogens is 1. The molecule has 0 atom stereocenters. The third-order valence-corrected chi connectivity index (χ3v) is 3.51. The maximum Gasteiger partial charge on any atom is 0.127 e. The van der Waals surface area contributed by atoms with Gasteiger partial charge < -0.3 is 10.1 Å². The topological polar surface area (TPSA) is 21.3 Å². The normalized spacial score (nSPS) is 11.2. The third-order valence-electron chi connectivity index (χ3n) is 2.63. The highest BCUT2D eigenvalue weighted by molar-refractivity contribution is 7.17. The van der Waals surface area contributed by atoms with Crippen molar-refractivity contribution in [3.63, 3.8) is 0 Å². The fraction of sp³-hybridized carbons (Fsp3) is 0.385. The van der Waals surface area contributed by atoms with Crippen LogP contribution in [0.4, 0.5) is 4.39 Å². The van der Waals surface area contributed by atoms with Gasteiger partial charge in [0.05, 0.1) is 13.2 Å². The predicted molar refractivity (Wildman–Crippen MR) is 70.2 cm³/mol. The molecule has 1 aromatic carbocycles. The number of fused-ring (bicyclic) bond motifs is 1. The molecule has 0 radical (unpaired) electrons. The summed E-state index contributed by atoms with van der Waals surface area (Å²) in [7, 11) is 1.88. The van der Waals surface area contributed by atoms with Crippen LogP contribution in [-0.4, -0.2) is 26.8 Å². The maximum absolute atomic E-state index is 13.7. The average molecular weight is 253 g/mol. The molecule has 0 unspecified atom stereocenters. The van der Waals surface area contributed by atoms with E-state index in [1.165, 1.54) is 0 Å². The molecule has 1 aromatic heterocycles. The van der Waals surface area contributed by atoms with Crippen molar-refractivity contribution in [2.75, 3.05) is 26.8 Å². The summed E-state index contributed by atoms with van der Waals surface area (Å²) in [6, 6.07) is 5.55. The van der Waals surface area contributed by atoms with E-state index in [1.54, 1.807) is 17.4 Å². The molecule has 4 heteroatoms. The lowest BCUT2D eigenvalue weighted by molar-refractivity contribution is 0.140. The van der Waals surface area contributed by atoms with Crippen LogP contribution in [-0.2, 0) is 11.2 Å².